The Labute approximate surface area is 190 Å². The van der Waals surface area contributed by atoms with E-state index in [1.807, 2.05) is 18.2 Å². The molecule has 1 heterocycles. The van der Waals surface area contributed by atoms with Gasteiger partial charge in [-0.05, 0) is 58.5 Å². The molecular formula is C22H16IN3O5. The average molecular weight is 529 g/mol. The lowest BCUT2D eigenvalue weighted by molar-refractivity contribution is -0.384. The largest absolute Gasteiger partial charge is 0.497 e. The summed E-state index contributed by atoms with van der Waals surface area (Å²) in [5.74, 6) is 0.215. The van der Waals surface area contributed by atoms with Gasteiger partial charge < -0.3 is 9.47 Å². The Bertz CT molecular complexity index is 1300. The lowest BCUT2D eigenvalue weighted by Crippen LogP contribution is -2.11. The van der Waals surface area contributed by atoms with Gasteiger partial charge in [0.15, 0.2) is 0 Å². The van der Waals surface area contributed by atoms with Crippen molar-refractivity contribution in [3.63, 3.8) is 0 Å². The minimum absolute atomic E-state index is 0.000866. The molecule has 0 unspecified atom stereocenters. The number of hydrogen-bond acceptors (Lipinski definition) is 6. The summed E-state index contributed by atoms with van der Waals surface area (Å²) in [6.45, 7) is 0.269. The Balaban J connectivity index is 1.74. The second-order valence-electron chi connectivity index (χ2n) is 6.64. The van der Waals surface area contributed by atoms with E-state index in [4.69, 9.17) is 9.47 Å². The number of carbonyl (C=O) groups is 1. The zero-order valence-electron chi connectivity index (χ0n) is 16.3. The van der Waals surface area contributed by atoms with Crippen LogP contribution in [-0.4, -0.2) is 27.8 Å². The highest BCUT2D eigenvalue weighted by atomic mass is 127. The van der Waals surface area contributed by atoms with Gasteiger partial charge in [0, 0.05) is 15.7 Å². The first-order valence-electron chi connectivity index (χ1n) is 9.21. The van der Waals surface area contributed by atoms with Crippen LogP contribution < -0.4 is 9.47 Å². The van der Waals surface area contributed by atoms with Crippen LogP contribution in [0.25, 0.3) is 10.9 Å². The molecule has 0 aliphatic carbocycles. The van der Waals surface area contributed by atoms with E-state index in [-0.39, 0.29) is 18.1 Å². The SMILES string of the molecule is COc1ccc2c(c1)c(OC(=O)c1ccccc1I)nn2Cc1cccc([N+](=O)[O-])c1. The highest BCUT2D eigenvalue weighted by molar-refractivity contribution is 14.1. The number of non-ortho nitro benzene ring substituents is 1. The number of fused-ring (bicyclic) bond motifs is 1. The van der Waals surface area contributed by atoms with Crippen LogP contribution in [0, 0.1) is 13.7 Å². The monoisotopic (exact) mass is 529 g/mol. The molecule has 0 radical (unpaired) electrons. The first-order chi connectivity index (χ1) is 15.0. The summed E-state index contributed by atoms with van der Waals surface area (Å²) < 4.78 is 13.3. The molecule has 0 amide bonds. The maximum Gasteiger partial charge on any atom is 0.346 e. The molecule has 31 heavy (non-hydrogen) atoms. The van der Waals surface area contributed by atoms with Crippen molar-refractivity contribution in [3.8, 4) is 11.6 Å². The number of aromatic nitrogens is 2. The fourth-order valence-electron chi connectivity index (χ4n) is 3.16. The van der Waals surface area contributed by atoms with Gasteiger partial charge in [0.2, 0.25) is 5.88 Å². The van der Waals surface area contributed by atoms with Crippen LogP contribution in [0.5, 0.6) is 11.6 Å². The molecule has 0 saturated heterocycles. The van der Waals surface area contributed by atoms with Gasteiger partial charge in [-0.1, -0.05) is 24.3 Å². The molecule has 1 aromatic heterocycles. The summed E-state index contributed by atoms with van der Waals surface area (Å²) >= 11 is 2.07. The van der Waals surface area contributed by atoms with Gasteiger partial charge in [-0.3, -0.25) is 14.8 Å². The van der Waals surface area contributed by atoms with Crippen molar-refractivity contribution in [1.29, 1.82) is 0 Å². The molecule has 0 fully saturated rings. The molecule has 4 rings (SSSR count). The zero-order chi connectivity index (χ0) is 22.0. The Morgan fingerprint density at radius 2 is 1.94 bits per heavy atom. The minimum atomic E-state index is -0.519. The molecular weight excluding hydrogens is 513 g/mol. The molecule has 0 N–H and O–H groups in total. The second kappa shape index (κ2) is 8.72. The van der Waals surface area contributed by atoms with Gasteiger partial charge in [0.25, 0.3) is 5.69 Å². The number of nitro benzene ring substituents is 1. The van der Waals surface area contributed by atoms with Crippen molar-refractivity contribution in [2.75, 3.05) is 7.11 Å². The Morgan fingerprint density at radius 3 is 2.68 bits per heavy atom. The van der Waals surface area contributed by atoms with Gasteiger partial charge in [0.1, 0.15) is 5.75 Å². The molecule has 0 aliphatic rings. The topological polar surface area (TPSA) is 96.5 Å². The number of methoxy groups -OCH3 is 1. The van der Waals surface area contributed by atoms with E-state index in [1.54, 1.807) is 48.2 Å². The molecule has 156 valence electrons. The molecule has 0 spiro atoms. The van der Waals surface area contributed by atoms with Crippen LogP contribution >= 0.6 is 22.6 Å². The van der Waals surface area contributed by atoms with E-state index in [1.165, 1.54) is 12.1 Å². The average Bonchev–Trinajstić information content (AvgIpc) is 3.10. The third-order valence-electron chi connectivity index (χ3n) is 4.66. The van der Waals surface area contributed by atoms with E-state index >= 15 is 0 Å². The number of nitro groups is 1. The Morgan fingerprint density at radius 1 is 1.13 bits per heavy atom. The molecule has 4 aromatic rings. The van der Waals surface area contributed by atoms with Gasteiger partial charge in [-0.2, -0.15) is 0 Å². The van der Waals surface area contributed by atoms with Crippen LogP contribution in [-0.2, 0) is 6.54 Å². The standard InChI is InChI=1S/C22H16IN3O5/c1-30-16-9-10-20-18(12-16)21(31-22(27)17-7-2-3-8-19(17)23)24-25(20)13-14-5-4-6-15(11-14)26(28)29/h2-12H,13H2,1H3. The van der Waals surface area contributed by atoms with Crippen molar-refractivity contribution in [1.82, 2.24) is 9.78 Å². The lowest BCUT2D eigenvalue weighted by Gasteiger charge is -2.04. The third kappa shape index (κ3) is 4.36. The quantitative estimate of drug-likeness (QED) is 0.154. The molecule has 0 bridgehead atoms. The number of halogens is 1. The first kappa shape index (κ1) is 20.8. The number of ether oxygens (including phenoxy) is 2. The maximum absolute atomic E-state index is 12.7. The van der Waals surface area contributed by atoms with Crippen molar-refractivity contribution in [2.24, 2.45) is 0 Å². The summed E-state index contributed by atoms with van der Waals surface area (Å²) in [6.07, 6.45) is 0. The number of carbonyl (C=O) groups excluding carboxylic acids is 1. The molecule has 9 heteroatoms. The summed E-state index contributed by atoms with van der Waals surface area (Å²) in [5.41, 5.74) is 1.84. The maximum atomic E-state index is 12.7. The number of benzene rings is 3. The van der Waals surface area contributed by atoms with E-state index in [2.05, 4.69) is 27.7 Å². The minimum Gasteiger partial charge on any atom is -0.497 e. The molecule has 3 aromatic carbocycles. The summed E-state index contributed by atoms with van der Waals surface area (Å²) in [6, 6.07) is 18.8. The summed E-state index contributed by atoms with van der Waals surface area (Å²) in [7, 11) is 1.55. The van der Waals surface area contributed by atoms with Crippen molar-refractivity contribution < 1.29 is 19.2 Å². The smallest absolute Gasteiger partial charge is 0.346 e. The van der Waals surface area contributed by atoms with Gasteiger partial charge >= 0.3 is 5.97 Å². The predicted octanol–water partition coefficient (Wildman–Crippen LogP) is 4.83. The van der Waals surface area contributed by atoms with Crippen LogP contribution in [0.4, 0.5) is 5.69 Å². The van der Waals surface area contributed by atoms with E-state index in [0.29, 0.717) is 27.8 Å². The van der Waals surface area contributed by atoms with Gasteiger partial charge in [-0.15, -0.1) is 5.10 Å². The van der Waals surface area contributed by atoms with Gasteiger partial charge in [0.05, 0.1) is 35.0 Å². The zero-order valence-corrected chi connectivity index (χ0v) is 18.5. The number of esters is 1. The fourth-order valence-corrected chi connectivity index (χ4v) is 3.77. The van der Waals surface area contributed by atoms with Crippen LogP contribution in [0.3, 0.4) is 0 Å². The highest BCUT2D eigenvalue weighted by Gasteiger charge is 2.19. The van der Waals surface area contributed by atoms with Crippen molar-refractivity contribution in [3.05, 3.63) is 91.5 Å². The van der Waals surface area contributed by atoms with E-state index in [9.17, 15) is 14.9 Å². The molecule has 0 saturated carbocycles. The van der Waals surface area contributed by atoms with Gasteiger partial charge in [-0.25, -0.2) is 4.79 Å². The number of rotatable bonds is 6. The number of nitrogens with zero attached hydrogens (tertiary/aromatic N) is 3. The third-order valence-corrected chi connectivity index (χ3v) is 5.60. The fraction of sp³-hybridized carbons (Fsp3) is 0.0909. The molecule has 0 aliphatic heterocycles. The molecule has 0 atom stereocenters. The lowest BCUT2D eigenvalue weighted by atomic mass is 10.2. The van der Waals surface area contributed by atoms with Crippen molar-refractivity contribution >= 4 is 45.2 Å². The van der Waals surface area contributed by atoms with Crippen LogP contribution in [0.15, 0.2) is 66.7 Å². The normalized spacial score (nSPS) is 10.8. The van der Waals surface area contributed by atoms with Crippen LogP contribution in [0.2, 0.25) is 0 Å². The highest BCUT2D eigenvalue weighted by Crippen LogP contribution is 2.30. The molecule has 8 nitrogen and oxygen atoms in total. The van der Waals surface area contributed by atoms with E-state index < -0.39 is 10.9 Å². The Hall–Kier alpha value is -3.47. The van der Waals surface area contributed by atoms with Crippen molar-refractivity contribution in [2.45, 2.75) is 6.54 Å². The number of hydrogen-bond donors (Lipinski definition) is 0. The van der Waals surface area contributed by atoms with E-state index in [0.717, 1.165) is 3.57 Å². The second-order valence-corrected chi connectivity index (χ2v) is 7.80. The summed E-state index contributed by atoms with van der Waals surface area (Å²) in [4.78, 5) is 23.4. The summed E-state index contributed by atoms with van der Waals surface area (Å²) in [5, 5.41) is 16.2. The van der Waals surface area contributed by atoms with Crippen LogP contribution in [0.1, 0.15) is 15.9 Å². The predicted molar refractivity (Wildman–Crippen MR) is 123 cm³/mol. The first-order valence-corrected chi connectivity index (χ1v) is 10.3. The Kier molecular flexibility index (Phi) is 5.85.